The minimum Gasteiger partial charge on any atom is -0.491 e. The van der Waals surface area contributed by atoms with Gasteiger partial charge in [0.05, 0.1) is 12.6 Å². The summed E-state index contributed by atoms with van der Waals surface area (Å²) in [4.78, 5) is 18.1. The number of likely N-dealkylation sites (N-methyl/N-ethyl adjacent to an activating group) is 1. The van der Waals surface area contributed by atoms with E-state index >= 15 is 0 Å². The molecule has 128 valence electrons. The lowest BCUT2D eigenvalue weighted by Crippen LogP contribution is -2.31. The number of aromatic nitrogens is 1. The van der Waals surface area contributed by atoms with Crippen LogP contribution in [0.3, 0.4) is 0 Å². The number of pyridine rings is 1. The van der Waals surface area contributed by atoms with E-state index in [1.54, 1.807) is 12.4 Å². The van der Waals surface area contributed by atoms with Crippen LogP contribution in [0, 0.1) is 0 Å². The van der Waals surface area contributed by atoms with Gasteiger partial charge in [0.2, 0.25) is 5.91 Å². The number of hydrogen-bond donors (Lipinski definition) is 1. The molecule has 0 fully saturated rings. The van der Waals surface area contributed by atoms with E-state index in [2.05, 4.69) is 10.3 Å². The summed E-state index contributed by atoms with van der Waals surface area (Å²) in [5.41, 5.74) is 2.00. The van der Waals surface area contributed by atoms with Crippen LogP contribution >= 0.6 is 0 Å². The molecule has 0 aliphatic carbocycles. The lowest BCUT2D eigenvalue weighted by molar-refractivity contribution is -0.117. The summed E-state index contributed by atoms with van der Waals surface area (Å²) in [6.45, 7) is 5.14. The van der Waals surface area contributed by atoms with Crippen LogP contribution in [0.2, 0.25) is 0 Å². The number of nitrogens with zero attached hydrogens (tertiary/aromatic N) is 2. The molecule has 1 N–H and O–H groups in total. The number of nitrogens with one attached hydrogen (secondary N) is 1. The van der Waals surface area contributed by atoms with Crippen molar-refractivity contribution in [1.29, 1.82) is 0 Å². The first kappa shape index (κ1) is 17.9. The Morgan fingerprint density at radius 3 is 2.46 bits per heavy atom. The Hall–Kier alpha value is -2.40. The fraction of sp³-hybridized carbons (Fsp3) is 0.368. The zero-order chi connectivity index (χ0) is 17.4. The summed E-state index contributed by atoms with van der Waals surface area (Å²) < 4.78 is 5.59. The van der Waals surface area contributed by atoms with Gasteiger partial charge in [-0.3, -0.25) is 14.7 Å². The monoisotopic (exact) mass is 327 g/mol. The molecule has 5 heteroatoms. The largest absolute Gasteiger partial charge is 0.491 e. The molecular weight excluding hydrogens is 302 g/mol. The van der Waals surface area contributed by atoms with E-state index in [1.807, 2.05) is 62.2 Å². The third kappa shape index (κ3) is 6.38. The molecule has 1 amide bonds. The second-order valence-corrected chi connectivity index (χ2v) is 6.08. The van der Waals surface area contributed by atoms with Gasteiger partial charge in [-0.2, -0.15) is 0 Å². The Balaban J connectivity index is 1.75. The molecule has 24 heavy (non-hydrogen) atoms. The van der Waals surface area contributed by atoms with E-state index < -0.39 is 0 Å². The van der Waals surface area contributed by atoms with Gasteiger partial charge >= 0.3 is 0 Å². The van der Waals surface area contributed by atoms with Crippen LogP contribution in [-0.2, 0) is 11.2 Å². The number of carbonyl (C=O) groups excluding carboxylic acids is 1. The van der Waals surface area contributed by atoms with Gasteiger partial charge in [-0.05, 0) is 69.3 Å². The maximum Gasteiger partial charge on any atom is 0.238 e. The maximum absolute atomic E-state index is 12.1. The zero-order valence-electron chi connectivity index (χ0n) is 14.5. The Kier molecular flexibility index (Phi) is 6.75. The number of rotatable bonds is 8. The van der Waals surface area contributed by atoms with Gasteiger partial charge in [0.15, 0.2) is 0 Å². The van der Waals surface area contributed by atoms with Crippen LogP contribution in [-0.4, -0.2) is 42.0 Å². The quantitative estimate of drug-likeness (QED) is 0.810. The SMILES string of the molecule is CC(C)Oc1ccc(NC(=O)CN(C)CCc2ccncc2)cc1. The summed E-state index contributed by atoms with van der Waals surface area (Å²) in [7, 11) is 1.94. The average Bonchev–Trinajstić information content (AvgIpc) is 2.55. The Morgan fingerprint density at radius 2 is 1.83 bits per heavy atom. The number of hydrogen-bond acceptors (Lipinski definition) is 4. The molecular formula is C19H25N3O2. The molecule has 1 heterocycles. The van der Waals surface area contributed by atoms with Crippen LogP contribution in [0.5, 0.6) is 5.75 Å². The Bertz CT molecular complexity index is 627. The number of benzene rings is 1. The van der Waals surface area contributed by atoms with Crippen LogP contribution in [0.4, 0.5) is 5.69 Å². The fourth-order valence-electron chi connectivity index (χ4n) is 2.28. The molecule has 0 aliphatic rings. The summed E-state index contributed by atoms with van der Waals surface area (Å²) in [5.74, 6) is 0.780. The van der Waals surface area contributed by atoms with Gasteiger partial charge in [-0.15, -0.1) is 0 Å². The van der Waals surface area contributed by atoms with Gasteiger partial charge in [-0.1, -0.05) is 0 Å². The second kappa shape index (κ2) is 9.03. The fourth-order valence-corrected chi connectivity index (χ4v) is 2.28. The number of anilines is 1. The van der Waals surface area contributed by atoms with Crippen LogP contribution in [0.1, 0.15) is 19.4 Å². The van der Waals surface area contributed by atoms with E-state index in [0.717, 1.165) is 24.4 Å². The van der Waals surface area contributed by atoms with Crippen molar-refractivity contribution in [1.82, 2.24) is 9.88 Å². The van der Waals surface area contributed by atoms with E-state index in [4.69, 9.17) is 4.74 Å². The molecule has 0 atom stereocenters. The van der Waals surface area contributed by atoms with Gasteiger partial charge in [-0.25, -0.2) is 0 Å². The van der Waals surface area contributed by atoms with Crippen LogP contribution in [0.15, 0.2) is 48.8 Å². The van der Waals surface area contributed by atoms with Gasteiger partial charge in [0.25, 0.3) is 0 Å². The van der Waals surface area contributed by atoms with E-state index in [9.17, 15) is 4.79 Å². The normalized spacial score (nSPS) is 10.9. The Morgan fingerprint density at radius 1 is 1.17 bits per heavy atom. The predicted molar refractivity (Wildman–Crippen MR) is 96.3 cm³/mol. The summed E-state index contributed by atoms with van der Waals surface area (Å²) in [6, 6.07) is 11.4. The van der Waals surface area contributed by atoms with Crippen molar-refractivity contribution in [3.8, 4) is 5.75 Å². The zero-order valence-corrected chi connectivity index (χ0v) is 14.5. The van der Waals surface area contributed by atoms with E-state index in [1.165, 1.54) is 5.56 Å². The van der Waals surface area contributed by atoms with Crippen molar-refractivity contribution < 1.29 is 9.53 Å². The second-order valence-electron chi connectivity index (χ2n) is 6.08. The number of ether oxygens (including phenoxy) is 1. The molecule has 0 saturated carbocycles. The molecule has 5 nitrogen and oxygen atoms in total. The molecule has 0 radical (unpaired) electrons. The van der Waals surface area contributed by atoms with Crippen molar-refractivity contribution in [2.75, 3.05) is 25.5 Å². The van der Waals surface area contributed by atoms with Gasteiger partial charge in [0.1, 0.15) is 5.75 Å². The van der Waals surface area contributed by atoms with Crippen molar-refractivity contribution in [3.63, 3.8) is 0 Å². The lowest BCUT2D eigenvalue weighted by Gasteiger charge is -2.16. The van der Waals surface area contributed by atoms with Gasteiger partial charge < -0.3 is 10.1 Å². The van der Waals surface area contributed by atoms with Crippen molar-refractivity contribution in [2.45, 2.75) is 26.4 Å². The molecule has 2 rings (SSSR count). The minimum absolute atomic E-state index is 0.0234. The van der Waals surface area contributed by atoms with Crippen LogP contribution in [0.25, 0.3) is 0 Å². The van der Waals surface area contributed by atoms with Gasteiger partial charge in [0, 0.05) is 24.6 Å². The first-order chi connectivity index (χ1) is 11.5. The first-order valence-electron chi connectivity index (χ1n) is 8.17. The summed E-state index contributed by atoms with van der Waals surface area (Å²) >= 11 is 0. The van der Waals surface area contributed by atoms with Crippen molar-refractivity contribution in [2.24, 2.45) is 0 Å². The highest BCUT2D eigenvalue weighted by molar-refractivity contribution is 5.92. The lowest BCUT2D eigenvalue weighted by atomic mass is 10.2. The predicted octanol–water partition coefficient (Wildman–Crippen LogP) is 2.98. The van der Waals surface area contributed by atoms with Crippen molar-refractivity contribution in [3.05, 3.63) is 54.4 Å². The van der Waals surface area contributed by atoms with E-state index in [-0.39, 0.29) is 12.0 Å². The molecule has 1 aromatic heterocycles. The highest BCUT2D eigenvalue weighted by atomic mass is 16.5. The topological polar surface area (TPSA) is 54.5 Å². The molecule has 0 saturated heterocycles. The molecule has 2 aromatic rings. The average molecular weight is 327 g/mol. The molecule has 0 unspecified atom stereocenters. The highest BCUT2D eigenvalue weighted by Crippen LogP contribution is 2.16. The smallest absolute Gasteiger partial charge is 0.238 e. The molecule has 0 bridgehead atoms. The highest BCUT2D eigenvalue weighted by Gasteiger charge is 2.07. The number of amides is 1. The number of carbonyl (C=O) groups is 1. The van der Waals surface area contributed by atoms with Crippen molar-refractivity contribution >= 4 is 11.6 Å². The molecule has 0 spiro atoms. The standard InChI is InChI=1S/C19H25N3O2/c1-15(2)24-18-6-4-17(5-7-18)21-19(23)14-22(3)13-10-16-8-11-20-12-9-16/h4-9,11-12,15H,10,13-14H2,1-3H3,(H,21,23). The molecule has 0 aliphatic heterocycles. The maximum atomic E-state index is 12.1. The van der Waals surface area contributed by atoms with E-state index in [0.29, 0.717) is 6.54 Å². The van der Waals surface area contributed by atoms with Crippen LogP contribution < -0.4 is 10.1 Å². The summed E-state index contributed by atoms with van der Waals surface area (Å²) in [5, 5.41) is 2.91. The minimum atomic E-state index is -0.0234. The Labute approximate surface area is 143 Å². The first-order valence-corrected chi connectivity index (χ1v) is 8.17. The third-order valence-electron chi connectivity index (χ3n) is 3.45. The summed E-state index contributed by atoms with van der Waals surface area (Å²) in [6.07, 6.45) is 4.61. The third-order valence-corrected chi connectivity index (χ3v) is 3.45. The molecule has 1 aromatic carbocycles.